The second-order valence-electron chi connectivity index (χ2n) is 3.96. The molecular weight excluding hydrogens is 247 g/mol. The van der Waals surface area contributed by atoms with Gasteiger partial charge in [-0.2, -0.15) is 31.0 Å². The second kappa shape index (κ2) is 5.30. The number of hydrogen-bond acceptors (Lipinski definition) is 3. The average molecular weight is 263 g/mol. The highest BCUT2D eigenvalue weighted by Gasteiger charge is 2.31. The first-order valence-electron chi connectivity index (χ1n) is 4.53. The first-order valence-corrected chi connectivity index (χ1v) is 6.01. The Labute approximate surface area is 92.8 Å². The van der Waals surface area contributed by atoms with E-state index < -0.39 is 28.5 Å². The molecular formula is C7H16F3N3O2S. The molecule has 0 heterocycles. The summed E-state index contributed by atoms with van der Waals surface area (Å²) in [5, 5.41) is 0. The Morgan fingerprint density at radius 3 is 2.12 bits per heavy atom. The molecule has 5 nitrogen and oxygen atoms in total. The van der Waals surface area contributed by atoms with E-state index in [1.807, 2.05) is 0 Å². The van der Waals surface area contributed by atoms with Crippen LogP contribution in [0.15, 0.2) is 0 Å². The van der Waals surface area contributed by atoms with Crippen molar-refractivity contribution in [2.45, 2.75) is 32.0 Å². The molecule has 0 rings (SSSR count). The molecule has 0 atom stereocenters. The van der Waals surface area contributed by atoms with Crippen LogP contribution in [0.5, 0.6) is 0 Å². The van der Waals surface area contributed by atoms with E-state index >= 15 is 0 Å². The summed E-state index contributed by atoms with van der Waals surface area (Å²) >= 11 is 0. The minimum Gasteiger partial charge on any atom is -0.330 e. The topological polar surface area (TPSA) is 84.2 Å². The number of nitrogens with one attached hydrogen (secondary N) is 2. The zero-order valence-corrected chi connectivity index (χ0v) is 9.87. The molecule has 0 saturated heterocycles. The molecule has 16 heavy (non-hydrogen) atoms. The lowest BCUT2D eigenvalue weighted by Crippen LogP contribution is -2.51. The SMILES string of the molecule is CC(C)(CCN)NS(=O)(=O)NCC(F)(F)F. The van der Waals surface area contributed by atoms with Gasteiger partial charge in [0.25, 0.3) is 10.2 Å². The summed E-state index contributed by atoms with van der Waals surface area (Å²) in [6, 6.07) is 0. The predicted octanol–water partition coefficient (Wildman–Crippen LogP) is 0.100. The van der Waals surface area contributed by atoms with Crippen LogP contribution in [-0.4, -0.2) is 33.2 Å². The van der Waals surface area contributed by atoms with E-state index in [2.05, 4.69) is 4.72 Å². The van der Waals surface area contributed by atoms with Crippen LogP contribution in [0.25, 0.3) is 0 Å². The molecule has 0 aromatic carbocycles. The molecule has 0 aliphatic rings. The molecule has 0 aromatic rings. The molecule has 98 valence electrons. The average Bonchev–Trinajstić information content (AvgIpc) is 1.97. The van der Waals surface area contributed by atoms with Crippen LogP contribution in [0.1, 0.15) is 20.3 Å². The van der Waals surface area contributed by atoms with Crippen LogP contribution >= 0.6 is 0 Å². The quantitative estimate of drug-likeness (QED) is 0.635. The third-order valence-electron chi connectivity index (χ3n) is 1.64. The van der Waals surface area contributed by atoms with Gasteiger partial charge >= 0.3 is 6.18 Å². The van der Waals surface area contributed by atoms with Gasteiger partial charge in [-0.15, -0.1) is 0 Å². The van der Waals surface area contributed by atoms with E-state index in [0.29, 0.717) is 6.42 Å². The zero-order chi connectivity index (χ0) is 13.0. The summed E-state index contributed by atoms with van der Waals surface area (Å²) < 4.78 is 61.3. The molecule has 4 N–H and O–H groups in total. The smallest absolute Gasteiger partial charge is 0.330 e. The van der Waals surface area contributed by atoms with Crippen LogP contribution in [0, 0.1) is 0 Å². The van der Waals surface area contributed by atoms with E-state index in [4.69, 9.17) is 5.73 Å². The fourth-order valence-electron chi connectivity index (χ4n) is 0.989. The third-order valence-corrected chi connectivity index (χ3v) is 2.99. The Bertz CT molecular complexity index is 313. The molecule has 0 amide bonds. The van der Waals surface area contributed by atoms with E-state index in [-0.39, 0.29) is 6.54 Å². The van der Waals surface area contributed by atoms with Crippen LogP contribution in [0.3, 0.4) is 0 Å². The zero-order valence-electron chi connectivity index (χ0n) is 9.06. The van der Waals surface area contributed by atoms with E-state index in [1.165, 1.54) is 18.6 Å². The summed E-state index contributed by atoms with van der Waals surface area (Å²) in [6.45, 7) is 1.70. The maximum atomic E-state index is 11.8. The Balaban J connectivity index is 4.36. The van der Waals surface area contributed by atoms with Gasteiger partial charge < -0.3 is 5.73 Å². The molecule has 9 heteroatoms. The summed E-state index contributed by atoms with van der Waals surface area (Å²) in [5.41, 5.74) is 4.36. The number of alkyl halides is 3. The van der Waals surface area contributed by atoms with E-state index in [0.717, 1.165) is 0 Å². The van der Waals surface area contributed by atoms with Gasteiger partial charge in [0.1, 0.15) is 6.54 Å². The lowest BCUT2D eigenvalue weighted by atomic mass is 10.0. The molecule has 0 unspecified atom stereocenters. The normalized spacial score (nSPS) is 14.1. The van der Waals surface area contributed by atoms with Gasteiger partial charge in [-0.1, -0.05) is 0 Å². The summed E-state index contributed by atoms with van der Waals surface area (Å²) in [4.78, 5) is 0. The molecule has 0 aromatic heterocycles. The predicted molar refractivity (Wildman–Crippen MR) is 53.9 cm³/mol. The standard InChI is InChI=1S/C7H16F3N3O2S/c1-6(2,3-4-11)13-16(14,15)12-5-7(8,9)10/h12-13H,3-5,11H2,1-2H3. The van der Waals surface area contributed by atoms with Gasteiger partial charge in [0.15, 0.2) is 0 Å². The van der Waals surface area contributed by atoms with Gasteiger partial charge in [0, 0.05) is 5.54 Å². The summed E-state index contributed by atoms with van der Waals surface area (Å²) in [6.07, 6.45) is -4.26. The molecule has 0 fully saturated rings. The molecule has 0 radical (unpaired) electrons. The second-order valence-corrected chi connectivity index (χ2v) is 5.46. The van der Waals surface area contributed by atoms with Crippen molar-refractivity contribution in [2.75, 3.05) is 13.1 Å². The van der Waals surface area contributed by atoms with Crippen molar-refractivity contribution in [1.29, 1.82) is 0 Å². The summed E-state index contributed by atoms with van der Waals surface area (Å²) in [5.74, 6) is 0. The highest BCUT2D eigenvalue weighted by Crippen LogP contribution is 2.13. The minimum absolute atomic E-state index is 0.231. The van der Waals surface area contributed by atoms with Crippen molar-refractivity contribution in [2.24, 2.45) is 5.73 Å². The molecule has 0 aliphatic carbocycles. The Morgan fingerprint density at radius 1 is 1.25 bits per heavy atom. The van der Waals surface area contributed by atoms with Crippen LogP contribution in [0.2, 0.25) is 0 Å². The van der Waals surface area contributed by atoms with Gasteiger partial charge in [0.05, 0.1) is 0 Å². The lowest BCUT2D eigenvalue weighted by molar-refractivity contribution is -0.121. The largest absolute Gasteiger partial charge is 0.402 e. The third kappa shape index (κ3) is 7.85. The fraction of sp³-hybridized carbons (Fsp3) is 1.00. The van der Waals surface area contributed by atoms with Gasteiger partial charge in [-0.25, -0.2) is 0 Å². The Hall–Kier alpha value is -0.380. The molecule has 0 bridgehead atoms. The lowest BCUT2D eigenvalue weighted by Gasteiger charge is -2.25. The van der Waals surface area contributed by atoms with E-state index in [9.17, 15) is 21.6 Å². The van der Waals surface area contributed by atoms with Crippen molar-refractivity contribution in [3.8, 4) is 0 Å². The number of nitrogens with two attached hydrogens (primary N) is 1. The van der Waals surface area contributed by atoms with Crippen molar-refractivity contribution in [3.05, 3.63) is 0 Å². The van der Waals surface area contributed by atoms with Crippen LogP contribution in [-0.2, 0) is 10.2 Å². The maximum absolute atomic E-state index is 11.8. The van der Waals surface area contributed by atoms with Gasteiger partial charge in [-0.3, -0.25) is 0 Å². The number of hydrogen-bond donors (Lipinski definition) is 3. The first kappa shape index (κ1) is 15.6. The maximum Gasteiger partial charge on any atom is 0.402 e. The summed E-state index contributed by atoms with van der Waals surface area (Å²) in [7, 11) is -4.17. The number of halogens is 3. The highest BCUT2D eigenvalue weighted by molar-refractivity contribution is 7.87. The molecule has 0 saturated carbocycles. The molecule has 0 aliphatic heterocycles. The fourth-order valence-corrected chi connectivity index (χ4v) is 2.24. The van der Waals surface area contributed by atoms with Crippen LogP contribution in [0.4, 0.5) is 13.2 Å². The van der Waals surface area contributed by atoms with Crippen molar-refractivity contribution in [3.63, 3.8) is 0 Å². The minimum atomic E-state index is -4.58. The molecule has 0 spiro atoms. The number of rotatable bonds is 6. The van der Waals surface area contributed by atoms with Crippen molar-refractivity contribution < 1.29 is 21.6 Å². The highest BCUT2D eigenvalue weighted by atomic mass is 32.2. The Kier molecular flexibility index (Phi) is 5.17. The monoisotopic (exact) mass is 263 g/mol. The first-order chi connectivity index (χ1) is 6.97. The van der Waals surface area contributed by atoms with Gasteiger partial charge in [-0.05, 0) is 26.8 Å². The van der Waals surface area contributed by atoms with Crippen molar-refractivity contribution in [1.82, 2.24) is 9.44 Å². The van der Waals surface area contributed by atoms with E-state index in [1.54, 1.807) is 0 Å². The van der Waals surface area contributed by atoms with Crippen LogP contribution < -0.4 is 15.2 Å². The van der Waals surface area contributed by atoms with Gasteiger partial charge in [0.2, 0.25) is 0 Å². The Morgan fingerprint density at radius 2 is 1.75 bits per heavy atom. The van der Waals surface area contributed by atoms with Crippen molar-refractivity contribution >= 4 is 10.2 Å².